The highest BCUT2D eigenvalue weighted by molar-refractivity contribution is 6.33. The molecule has 0 heterocycles. The molecule has 0 radical (unpaired) electrons. The fourth-order valence-electron chi connectivity index (χ4n) is 2.11. The molecule has 0 unspecified atom stereocenters. The Bertz CT molecular complexity index is 930. The van der Waals surface area contributed by atoms with Crippen LogP contribution in [0.5, 0.6) is 5.75 Å². The number of amides is 1. The number of Topliss-reactive ketones (excluding diaryl/α,β-unsaturated/α-hetero) is 1. The van der Waals surface area contributed by atoms with Crippen LogP contribution < -0.4 is 10.1 Å². The van der Waals surface area contributed by atoms with Crippen LogP contribution in [0.1, 0.15) is 13.3 Å². The minimum absolute atomic E-state index is 0.0463. The number of non-ortho nitro benzene ring substituents is 1. The number of ether oxygens (including phenoxy) is 1. The molecule has 2 aromatic carbocycles. The molecule has 0 fully saturated rings. The summed E-state index contributed by atoms with van der Waals surface area (Å²) >= 11 is 6.00. The standard InChI is InChI=1S/C17H15ClN4O5/c1-10(23)8-16(24)19-14-4-3-5-15(27-2)17(14)21-20-13-7-6-11(22(25)26)9-12(13)18/h3-7,9H,8H2,1-2H3,(H,19,24). The van der Waals surface area contributed by atoms with Crippen molar-refractivity contribution in [3.8, 4) is 5.75 Å². The molecule has 2 aromatic rings. The summed E-state index contributed by atoms with van der Waals surface area (Å²) in [6.45, 7) is 1.31. The van der Waals surface area contributed by atoms with Crippen LogP contribution in [0, 0.1) is 10.1 Å². The number of benzene rings is 2. The van der Waals surface area contributed by atoms with Gasteiger partial charge in [0.25, 0.3) is 5.69 Å². The summed E-state index contributed by atoms with van der Waals surface area (Å²) in [4.78, 5) is 33.1. The van der Waals surface area contributed by atoms with E-state index in [0.29, 0.717) is 11.4 Å². The van der Waals surface area contributed by atoms with Crippen molar-refractivity contribution in [2.24, 2.45) is 10.2 Å². The van der Waals surface area contributed by atoms with E-state index >= 15 is 0 Å². The smallest absolute Gasteiger partial charge is 0.271 e. The van der Waals surface area contributed by atoms with Crippen LogP contribution in [0.25, 0.3) is 0 Å². The molecule has 0 spiro atoms. The molecule has 0 atom stereocenters. The van der Waals surface area contributed by atoms with Crippen LogP contribution >= 0.6 is 11.6 Å². The summed E-state index contributed by atoms with van der Waals surface area (Å²) in [5.41, 5.74) is 0.538. The second-order valence-corrected chi connectivity index (χ2v) is 5.78. The highest BCUT2D eigenvalue weighted by atomic mass is 35.5. The zero-order valence-electron chi connectivity index (χ0n) is 14.4. The summed E-state index contributed by atoms with van der Waals surface area (Å²) in [5.74, 6) is -0.450. The van der Waals surface area contributed by atoms with Gasteiger partial charge in [0.05, 0.1) is 29.2 Å². The SMILES string of the molecule is COc1cccc(NC(=O)CC(C)=O)c1N=Nc1ccc([N+](=O)[O-])cc1Cl. The molecule has 9 nitrogen and oxygen atoms in total. The predicted molar refractivity (Wildman–Crippen MR) is 99.2 cm³/mol. The number of carbonyl (C=O) groups excluding carboxylic acids is 2. The van der Waals surface area contributed by atoms with E-state index in [9.17, 15) is 19.7 Å². The fourth-order valence-corrected chi connectivity index (χ4v) is 2.32. The average molecular weight is 391 g/mol. The number of nitrogens with zero attached hydrogens (tertiary/aromatic N) is 3. The number of rotatable bonds is 7. The highest BCUT2D eigenvalue weighted by Gasteiger charge is 2.14. The van der Waals surface area contributed by atoms with Gasteiger partial charge in [-0.3, -0.25) is 19.7 Å². The second-order valence-electron chi connectivity index (χ2n) is 5.38. The zero-order valence-corrected chi connectivity index (χ0v) is 15.2. The lowest BCUT2D eigenvalue weighted by Crippen LogP contribution is -2.14. The maximum Gasteiger partial charge on any atom is 0.271 e. The Labute approximate surface area is 159 Å². The molecule has 1 N–H and O–H groups in total. The van der Waals surface area contributed by atoms with Crippen LogP contribution in [0.3, 0.4) is 0 Å². The molecule has 0 saturated carbocycles. The Balaban J connectivity index is 2.36. The quantitative estimate of drug-likeness (QED) is 0.320. The first-order valence-corrected chi connectivity index (χ1v) is 8.01. The number of carbonyl (C=O) groups is 2. The first-order chi connectivity index (χ1) is 12.8. The molecular formula is C17H15ClN4O5. The molecule has 10 heteroatoms. The van der Waals surface area contributed by atoms with E-state index in [4.69, 9.17) is 16.3 Å². The van der Waals surface area contributed by atoms with Crippen molar-refractivity contribution >= 4 is 46.0 Å². The Morgan fingerprint density at radius 1 is 1.26 bits per heavy atom. The van der Waals surface area contributed by atoms with Crippen LogP contribution in [-0.4, -0.2) is 23.7 Å². The number of ketones is 1. The molecule has 140 valence electrons. The summed E-state index contributed by atoms with van der Waals surface area (Å²) in [5, 5.41) is 21.4. The number of hydrogen-bond acceptors (Lipinski definition) is 7. The number of azo groups is 1. The van der Waals surface area contributed by atoms with E-state index in [1.54, 1.807) is 18.2 Å². The first-order valence-electron chi connectivity index (χ1n) is 7.63. The van der Waals surface area contributed by atoms with Crippen LogP contribution in [-0.2, 0) is 9.59 Å². The van der Waals surface area contributed by atoms with Gasteiger partial charge in [-0.2, -0.15) is 0 Å². The molecule has 27 heavy (non-hydrogen) atoms. The van der Waals surface area contributed by atoms with Crippen molar-refractivity contribution < 1.29 is 19.2 Å². The van der Waals surface area contributed by atoms with Gasteiger partial charge in [0.2, 0.25) is 5.91 Å². The number of nitrogens with one attached hydrogen (secondary N) is 1. The second kappa shape index (κ2) is 8.86. The van der Waals surface area contributed by atoms with Crippen molar-refractivity contribution in [3.05, 3.63) is 51.5 Å². The Morgan fingerprint density at radius 2 is 2.00 bits per heavy atom. The Kier molecular flexibility index (Phi) is 6.56. The van der Waals surface area contributed by atoms with Gasteiger partial charge in [0.15, 0.2) is 5.69 Å². The van der Waals surface area contributed by atoms with Gasteiger partial charge in [-0.15, -0.1) is 10.2 Å². The van der Waals surface area contributed by atoms with E-state index in [-0.39, 0.29) is 34.3 Å². The Morgan fingerprint density at radius 3 is 2.59 bits per heavy atom. The monoisotopic (exact) mass is 390 g/mol. The molecule has 0 aliphatic rings. The van der Waals surface area contributed by atoms with E-state index in [2.05, 4.69) is 15.5 Å². The number of nitro groups is 1. The summed E-state index contributed by atoms with van der Waals surface area (Å²) in [6, 6.07) is 8.60. The van der Waals surface area contributed by atoms with E-state index < -0.39 is 10.8 Å². The number of methoxy groups -OCH3 is 1. The minimum atomic E-state index is -0.574. The number of anilines is 1. The summed E-state index contributed by atoms with van der Waals surface area (Å²) in [7, 11) is 1.42. The lowest BCUT2D eigenvalue weighted by Gasteiger charge is -2.10. The maximum absolute atomic E-state index is 11.9. The van der Waals surface area contributed by atoms with Gasteiger partial charge in [0, 0.05) is 12.1 Å². The zero-order chi connectivity index (χ0) is 20.0. The van der Waals surface area contributed by atoms with Crippen LogP contribution in [0.4, 0.5) is 22.7 Å². The predicted octanol–water partition coefficient (Wildman–Crippen LogP) is 4.59. The number of nitro benzene ring substituents is 1. The van der Waals surface area contributed by atoms with Gasteiger partial charge in [-0.1, -0.05) is 17.7 Å². The number of halogens is 1. The molecule has 0 aliphatic carbocycles. The minimum Gasteiger partial charge on any atom is -0.494 e. The molecule has 0 saturated heterocycles. The fraction of sp³-hybridized carbons (Fsp3) is 0.176. The average Bonchev–Trinajstić information content (AvgIpc) is 2.60. The van der Waals surface area contributed by atoms with Gasteiger partial charge in [-0.25, -0.2) is 0 Å². The molecule has 1 amide bonds. The van der Waals surface area contributed by atoms with Crippen molar-refractivity contribution in [2.45, 2.75) is 13.3 Å². The lowest BCUT2D eigenvalue weighted by molar-refractivity contribution is -0.384. The van der Waals surface area contributed by atoms with Gasteiger partial charge in [-0.05, 0) is 25.1 Å². The van der Waals surface area contributed by atoms with Crippen molar-refractivity contribution in [1.29, 1.82) is 0 Å². The third kappa shape index (κ3) is 5.32. The van der Waals surface area contributed by atoms with Crippen LogP contribution in [0.2, 0.25) is 5.02 Å². The van der Waals surface area contributed by atoms with Gasteiger partial charge in [0.1, 0.15) is 17.2 Å². The van der Waals surface area contributed by atoms with Crippen molar-refractivity contribution in [2.75, 3.05) is 12.4 Å². The first kappa shape index (κ1) is 20.0. The largest absolute Gasteiger partial charge is 0.494 e. The molecule has 0 aliphatic heterocycles. The summed E-state index contributed by atoms with van der Waals surface area (Å²) in [6.07, 6.45) is -0.276. The molecular weight excluding hydrogens is 376 g/mol. The Hall–Kier alpha value is -3.33. The van der Waals surface area contributed by atoms with E-state index in [1.807, 2.05) is 0 Å². The molecule has 2 rings (SSSR count). The van der Waals surface area contributed by atoms with Crippen LogP contribution in [0.15, 0.2) is 46.6 Å². The highest BCUT2D eigenvalue weighted by Crippen LogP contribution is 2.38. The van der Waals surface area contributed by atoms with E-state index in [0.717, 1.165) is 6.07 Å². The third-order valence-corrected chi connectivity index (χ3v) is 3.61. The van der Waals surface area contributed by atoms with Crippen molar-refractivity contribution in [3.63, 3.8) is 0 Å². The third-order valence-electron chi connectivity index (χ3n) is 3.30. The molecule has 0 aromatic heterocycles. The normalized spacial score (nSPS) is 10.6. The topological polar surface area (TPSA) is 123 Å². The molecule has 0 bridgehead atoms. The van der Waals surface area contributed by atoms with Gasteiger partial charge < -0.3 is 10.1 Å². The van der Waals surface area contributed by atoms with E-state index in [1.165, 1.54) is 26.2 Å². The maximum atomic E-state index is 11.9. The number of hydrogen-bond donors (Lipinski definition) is 1. The van der Waals surface area contributed by atoms with Gasteiger partial charge >= 0.3 is 0 Å². The summed E-state index contributed by atoms with van der Waals surface area (Å²) < 4.78 is 5.22. The van der Waals surface area contributed by atoms with Crippen molar-refractivity contribution in [1.82, 2.24) is 0 Å². The lowest BCUT2D eigenvalue weighted by atomic mass is 10.2.